The minimum Gasteiger partial charge on any atom is -0.370 e. The molecule has 0 heterocycles. The van der Waals surface area contributed by atoms with Crippen LogP contribution in [0.25, 0.3) is 0 Å². The van der Waals surface area contributed by atoms with Crippen molar-refractivity contribution in [2.24, 2.45) is 16.5 Å². The molecule has 18 heavy (non-hydrogen) atoms. The second kappa shape index (κ2) is 7.21. The number of benzene rings is 1. The number of thioether (sulfide) groups is 1. The molecule has 1 rings (SSSR count). The van der Waals surface area contributed by atoms with Crippen LogP contribution in [0.2, 0.25) is 0 Å². The summed E-state index contributed by atoms with van der Waals surface area (Å²) >= 11 is 3.09. The topological polar surface area (TPSA) is 117 Å². The van der Waals surface area contributed by atoms with E-state index in [1.165, 1.54) is 0 Å². The lowest BCUT2D eigenvalue weighted by atomic mass is 10.3. The molecule has 0 saturated heterocycles. The zero-order valence-electron chi connectivity index (χ0n) is 9.31. The molecule has 6 N–H and O–H groups in total. The summed E-state index contributed by atoms with van der Waals surface area (Å²) in [6, 6.07) is 7.43. The molecule has 0 atom stereocenters. The fraction of sp³-hybridized carbons (Fsp3) is 0.100. The van der Waals surface area contributed by atoms with Crippen molar-refractivity contribution in [1.29, 1.82) is 5.41 Å². The van der Waals surface area contributed by atoms with Crippen LogP contribution in [-0.4, -0.2) is 22.8 Å². The number of amidine groups is 1. The molecule has 0 aliphatic rings. The van der Waals surface area contributed by atoms with E-state index < -0.39 is 0 Å². The van der Waals surface area contributed by atoms with Gasteiger partial charge in [0.25, 0.3) is 0 Å². The Morgan fingerprint density at radius 2 is 2.11 bits per heavy atom. The van der Waals surface area contributed by atoms with Gasteiger partial charge >= 0.3 is 0 Å². The van der Waals surface area contributed by atoms with Crippen LogP contribution in [0.1, 0.15) is 0 Å². The third-order valence-corrected chi connectivity index (χ3v) is 3.43. The van der Waals surface area contributed by atoms with E-state index in [0.29, 0.717) is 0 Å². The van der Waals surface area contributed by atoms with Crippen LogP contribution in [0, 0.1) is 8.98 Å². The Balaban J connectivity index is 2.46. The number of nitrogens with one attached hydrogen (secondary N) is 2. The zero-order chi connectivity index (χ0) is 13.5. The fourth-order valence-corrected chi connectivity index (χ4v) is 2.06. The number of guanidine groups is 1. The molecule has 1 amide bonds. The summed E-state index contributed by atoms with van der Waals surface area (Å²) in [5.74, 6) is -0.314. The summed E-state index contributed by atoms with van der Waals surface area (Å²) in [5, 5.41) is 10.0. The van der Waals surface area contributed by atoms with E-state index >= 15 is 0 Å². The molecule has 8 heteroatoms. The van der Waals surface area contributed by atoms with E-state index in [0.717, 1.165) is 21.0 Å². The van der Waals surface area contributed by atoms with E-state index in [9.17, 15) is 4.79 Å². The number of aliphatic imine (C=N–C) groups is 1. The number of carbonyl (C=O) groups excluding carboxylic acids is 1. The first-order valence-corrected chi connectivity index (χ1v) is 6.91. The number of amides is 1. The van der Waals surface area contributed by atoms with E-state index in [1.807, 2.05) is 24.3 Å². The van der Waals surface area contributed by atoms with Gasteiger partial charge in [0, 0.05) is 3.57 Å². The average molecular weight is 377 g/mol. The highest BCUT2D eigenvalue weighted by Gasteiger charge is 2.06. The highest BCUT2D eigenvalue weighted by atomic mass is 127. The minimum absolute atomic E-state index is 0.0839. The van der Waals surface area contributed by atoms with Gasteiger partial charge in [-0.15, -0.1) is 0 Å². The minimum atomic E-state index is -0.209. The molecule has 0 aromatic heterocycles. The quantitative estimate of drug-likeness (QED) is 0.359. The SMILES string of the molecule is N=C(N=C(N)N)SCC(=O)Nc1ccccc1I. The molecule has 0 aliphatic heterocycles. The van der Waals surface area contributed by atoms with Gasteiger partial charge in [-0.3, -0.25) is 10.2 Å². The van der Waals surface area contributed by atoms with Gasteiger partial charge in [-0.2, -0.15) is 4.99 Å². The van der Waals surface area contributed by atoms with Gasteiger partial charge < -0.3 is 16.8 Å². The number of anilines is 1. The summed E-state index contributed by atoms with van der Waals surface area (Å²) in [7, 11) is 0. The standard InChI is InChI=1S/C10H12IN5OS/c11-6-3-1-2-4-7(6)15-8(17)5-18-10(14)16-9(12)13/h1-4H,5H2,(H,15,17)(H5,12,13,14,16). The first-order valence-electron chi connectivity index (χ1n) is 4.84. The largest absolute Gasteiger partial charge is 0.370 e. The van der Waals surface area contributed by atoms with Crippen LogP contribution in [0.15, 0.2) is 29.3 Å². The maximum absolute atomic E-state index is 11.6. The van der Waals surface area contributed by atoms with Gasteiger partial charge in [0.05, 0.1) is 11.4 Å². The van der Waals surface area contributed by atoms with Gasteiger partial charge in [0.2, 0.25) is 5.91 Å². The van der Waals surface area contributed by atoms with E-state index in [1.54, 1.807) is 0 Å². The first kappa shape index (κ1) is 14.8. The van der Waals surface area contributed by atoms with Crippen LogP contribution in [0.5, 0.6) is 0 Å². The third-order valence-electron chi connectivity index (χ3n) is 1.72. The molecule has 0 saturated carbocycles. The van der Waals surface area contributed by atoms with Gasteiger partial charge in [-0.1, -0.05) is 23.9 Å². The van der Waals surface area contributed by atoms with Crippen LogP contribution in [0.4, 0.5) is 5.69 Å². The van der Waals surface area contributed by atoms with Gasteiger partial charge in [-0.25, -0.2) is 0 Å². The Kier molecular flexibility index (Phi) is 5.92. The lowest BCUT2D eigenvalue weighted by Gasteiger charge is -2.06. The number of hydrogen-bond acceptors (Lipinski definition) is 3. The Hall–Kier alpha value is -1.29. The number of carbonyl (C=O) groups is 1. The van der Waals surface area contributed by atoms with Crippen molar-refractivity contribution in [1.82, 2.24) is 0 Å². The average Bonchev–Trinajstić information content (AvgIpc) is 2.29. The monoisotopic (exact) mass is 377 g/mol. The molecular formula is C10H12IN5OS. The first-order chi connectivity index (χ1) is 8.49. The normalized spacial score (nSPS) is 9.61. The molecule has 96 valence electrons. The van der Waals surface area contributed by atoms with Crippen LogP contribution >= 0.6 is 34.4 Å². The Morgan fingerprint density at radius 3 is 2.72 bits per heavy atom. The summed E-state index contributed by atoms with van der Waals surface area (Å²) in [6.45, 7) is 0. The summed E-state index contributed by atoms with van der Waals surface area (Å²) < 4.78 is 0.952. The molecule has 0 aliphatic carbocycles. The maximum atomic E-state index is 11.6. The van der Waals surface area contributed by atoms with Crippen molar-refractivity contribution in [2.75, 3.05) is 11.1 Å². The van der Waals surface area contributed by atoms with Crippen LogP contribution < -0.4 is 16.8 Å². The molecule has 0 unspecified atom stereocenters. The highest BCUT2D eigenvalue weighted by Crippen LogP contribution is 2.17. The molecular weight excluding hydrogens is 365 g/mol. The van der Waals surface area contributed by atoms with E-state index in [2.05, 4.69) is 32.9 Å². The highest BCUT2D eigenvalue weighted by molar-refractivity contribution is 14.1. The number of hydrogen-bond donors (Lipinski definition) is 4. The molecule has 1 aromatic carbocycles. The molecule has 0 radical (unpaired) electrons. The number of para-hydroxylation sites is 1. The van der Waals surface area contributed by atoms with Gasteiger partial charge in [-0.05, 0) is 34.7 Å². The maximum Gasteiger partial charge on any atom is 0.234 e. The summed E-state index contributed by atoms with van der Waals surface area (Å²) in [5.41, 5.74) is 11.0. The lowest BCUT2D eigenvalue weighted by Crippen LogP contribution is -2.24. The predicted octanol–water partition coefficient (Wildman–Crippen LogP) is 1.17. The van der Waals surface area contributed by atoms with E-state index in [4.69, 9.17) is 16.9 Å². The van der Waals surface area contributed by atoms with E-state index in [-0.39, 0.29) is 22.8 Å². The summed E-state index contributed by atoms with van der Waals surface area (Å²) in [4.78, 5) is 15.1. The van der Waals surface area contributed by atoms with Gasteiger partial charge in [0.15, 0.2) is 11.1 Å². The van der Waals surface area contributed by atoms with Crippen molar-refractivity contribution >= 4 is 57.1 Å². The molecule has 0 spiro atoms. The van der Waals surface area contributed by atoms with Crippen molar-refractivity contribution in [2.45, 2.75) is 0 Å². The van der Waals surface area contributed by atoms with Crippen LogP contribution in [0.3, 0.4) is 0 Å². The third kappa shape index (κ3) is 5.36. The lowest BCUT2D eigenvalue weighted by molar-refractivity contribution is -0.113. The van der Waals surface area contributed by atoms with Crippen molar-refractivity contribution in [3.8, 4) is 0 Å². The second-order valence-electron chi connectivity index (χ2n) is 3.16. The molecule has 0 fully saturated rings. The Bertz CT molecular complexity index is 487. The fourth-order valence-electron chi connectivity index (χ4n) is 1.03. The second-order valence-corrected chi connectivity index (χ2v) is 5.28. The number of nitrogens with zero attached hydrogens (tertiary/aromatic N) is 1. The van der Waals surface area contributed by atoms with Gasteiger partial charge in [0.1, 0.15) is 0 Å². The predicted molar refractivity (Wildman–Crippen MR) is 83.8 cm³/mol. The van der Waals surface area contributed by atoms with Crippen LogP contribution in [-0.2, 0) is 4.79 Å². The van der Waals surface area contributed by atoms with Crippen molar-refractivity contribution in [3.05, 3.63) is 27.8 Å². The molecule has 6 nitrogen and oxygen atoms in total. The summed E-state index contributed by atoms with van der Waals surface area (Å²) in [6.07, 6.45) is 0. The Labute approximate surface area is 122 Å². The van der Waals surface area contributed by atoms with Crippen molar-refractivity contribution in [3.63, 3.8) is 0 Å². The number of nitrogens with two attached hydrogens (primary N) is 2. The molecule has 0 bridgehead atoms. The number of halogens is 1. The molecule has 1 aromatic rings. The smallest absolute Gasteiger partial charge is 0.234 e. The number of rotatable bonds is 3. The van der Waals surface area contributed by atoms with Crippen molar-refractivity contribution < 1.29 is 4.79 Å². The zero-order valence-corrected chi connectivity index (χ0v) is 12.3. The Morgan fingerprint density at radius 1 is 1.44 bits per heavy atom.